The van der Waals surface area contributed by atoms with Crippen molar-refractivity contribution in [2.75, 3.05) is 31.3 Å². The first-order valence-corrected chi connectivity index (χ1v) is 12.9. The maximum absolute atomic E-state index is 12.6. The molecule has 3 fully saturated rings. The molecule has 2 saturated heterocycles. The Labute approximate surface area is 206 Å². The fourth-order valence-corrected chi connectivity index (χ4v) is 5.63. The highest BCUT2D eigenvalue weighted by molar-refractivity contribution is 6.43. The number of nitrogens with one attached hydrogen (secondary N) is 1. The summed E-state index contributed by atoms with van der Waals surface area (Å²) in [6.45, 7) is 4.85. The van der Waals surface area contributed by atoms with Crippen molar-refractivity contribution in [3.63, 3.8) is 0 Å². The summed E-state index contributed by atoms with van der Waals surface area (Å²) in [5.74, 6) is 0.239. The van der Waals surface area contributed by atoms with E-state index >= 15 is 0 Å². The number of fused-ring (bicyclic) bond motifs is 1. The van der Waals surface area contributed by atoms with Crippen molar-refractivity contribution in [1.29, 1.82) is 0 Å². The molecule has 35 heavy (non-hydrogen) atoms. The molecule has 1 unspecified atom stereocenters. The number of benzene rings is 1. The molecular formula is C25H37N7O3. The summed E-state index contributed by atoms with van der Waals surface area (Å²) in [5, 5.41) is 5.42. The normalized spacial score (nSPS) is 28.1. The second kappa shape index (κ2) is 10.5. The first-order valence-electron chi connectivity index (χ1n) is 12.9. The van der Waals surface area contributed by atoms with Gasteiger partial charge in [0.2, 0.25) is 5.96 Å². The molecule has 1 amide bonds. The lowest BCUT2D eigenvalue weighted by atomic mass is 9.89. The zero-order chi connectivity index (χ0) is 24.4. The largest absolute Gasteiger partial charge is 0.381 e. The van der Waals surface area contributed by atoms with Crippen molar-refractivity contribution in [1.82, 2.24) is 10.4 Å². The molecule has 1 aromatic carbocycles. The average Bonchev–Trinajstić information content (AvgIpc) is 3.41. The molecule has 0 aromatic heterocycles. The molecule has 0 radical (unpaired) electrons. The summed E-state index contributed by atoms with van der Waals surface area (Å²) in [4.78, 5) is 30.0. The van der Waals surface area contributed by atoms with Crippen LogP contribution in [0.2, 0.25) is 0 Å². The van der Waals surface area contributed by atoms with Crippen LogP contribution in [-0.4, -0.2) is 67.3 Å². The van der Waals surface area contributed by atoms with Gasteiger partial charge in [0.25, 0.3) is 5.91 Å². The third-order valence-electron chi connectivity index (χ3n) is 7.40. The predicted octanol–water partition coefficient (Wildman–Crippen LogP) is 1.73. The Morgan fingerprint density at radius 2 is 1.91 bits per heavy atom. The van der Waals surface area contributed by atoms with Crippen molar-refractivity contribution in [3.05, 3.63) is 29.3 Å². The fraction of sp³-hybridized carbons (Fsp3) is 0.640. The van der Waals surface area contributed by atoms with Gasteiger partial charge in [-0.1, -0.05) is 30.5 Å². The van der Waals surface area contributed by atoms with Gasteiger partial charge in [-0.05, 0) is 45.1 Å². The maximum Gasteiger partial charge on any atom is 0.284 e. The standard InChI is InChI=1S/C25H37N7O3/c1-16-7-8-21-18(15-16)23(30-24(22(26)33)32(21)17-9-13-34-14-10-17)28-19-5-2-3-6-20(19)29-25(27)31-11-4-12-35-31/h7-8,15,17,19-20,23,28H,2-6,9-14H2,1H3,(H2,26,33)(H2,27,29)/t19-,20+,23?/m0/s1. The summed E-state index contributed by atoms with van der Waals surface area (Å²) in [5.41, 5.74) is 15.4. The van der Waals surface area contributed by atoms with Gasteiger partial charge in [0.1, 0.15) is 6.17 Å². The van der Waals surface area contributed by atoms with Gasteiger partial charge in [0.15, 0.2) is 5.84 Å². The van der Waals surface area contributed by atoms with E-state index in [2.05, 4.69) is 30.4 Å². The molecule has 0 spiro atoms. The van der Waals surface area contributed by atoms with Crippen LogP contribution in [0.25, 0.3) is 0 Å². The van der Waals surface area contributed by atoms with E-state index in [1.165, 1.54) is 0 Å². The van der Waals surface area contributed by atoms with Gasteiger partial charge in [0, 0.05) is 36.5 Å². The Morgan fingerprint density at radius 3 is 2.66 bits per heavy atom. The molecule has 1 saturated carbocycles. The molecule has 4 aliphatic rings. The van der Waals surface area contributed by atoms with Gasteiger partial charge < -0.3 is 21.1 Å². The van der Waals surface area contributed by atoms with E-state index < -0.39 is 5.91 Å². The number of nitrogens with zero attached hydrogens (tertiary/aromatic N) is 4. The molecule has 3 aliphatic heterocycles. The Bertz CT molecular complexity index is 985. The van der Waals surface area contributed by atoms with E-state index in [4.69, 9.17) is 31.0 Å². The Hall–Kier alpha value is -2.69. The monoisotopic (exact) mass is 483 g/mol. The molecule has 5 N–H and O–H groups in total. The van der Waals surface area contributed by atoms with Crippen molar-refractivity contribution in [2.24, 2.45) is 21.5 Å². The van der Waals surface area contributed by atoms with Crippen molar-refractivity contribution in [2.45, 2.75) is 76.2 Å². The van der Waals surface area contributed by atoms with Gasteiger partial charge in [-0.25, -0.2) is 15.0 Å². The number of aryl methyl sites for hydroxylation is 1. The van der Waals surface area contributed by atoms with Gasteiger partial charge in [-0.15, -0.1) is 0 Å². The molecule has 5 rings (SSSR count). The zero-order valence-electron chi connectivity index (χ0n) is 20.5. The number of carbonyl (C=O) groups excluding carboxylic acids is 1. The lowest BCUT2D eigenvalue weighted by Gasteiger charge is -2.42. The number of amidine groups is 1. The van der Waals surface area contributed by atoms with E-state index in [9.17, 15) is 4.79 Å². The van der Waals surface area contributed by atoms with Crippen LogP contribution in [0.3, 0.4) is 0 Å². The summed E-state index contributed by atoms with van der Waals surface area (Å²) in [6.07, 6.45) is 6.35. The number of carbonyl (C=O) groups is 1. The summed E-state index contributed by atoms with van der Waals surface area (Å²) >= 11 is 0. The number of nitrogens with two attached hydrogens (primary N) is 2. The highest BCUT2D eigenvalue weighted by Gasteiger charge is 2.37. The van der Waals surface area contributed by atoms with E-state index in [1.807, 2.05) is 4.90 Å². The zero-order valence-corrected chi connectivity index (χ0v) is 20.5. The van der Waals surface area contributed by atoms with E-state index in [-0.39, 0.29) is 24.3 Å². The second-order valence-electron chi connectivity index (χ2n) is 9.90. The SMILES string of the molecule is Cc1ccc2c(c1)C(N[C@H]1CCCC[C@H]1N=C(N)N1CCCO1)N=C(C(N)=O)N2C1CCOCC1. The van der Waals surface area contributed by atoms with E-state index in [0.717, 1.165) is 68.3 Å². The Morgan fingerprint density at radius 1 is 1.11 bits per heavy atom. The number of ether oxygens (including phenoxy) is 1. The number of rotatable bonds is 5. The first-order chi connectivity index (χ1) is 17.0. The van der Waals surface area contributed by atoms with Crippen LogP contribution in [0.5, 0.6) is 0 Å². The van der Waals surface area contributed by atoms with Gasteiger partial charge in [-0.3, -0.25) is 14.9 Å². The molecule has 10 heteroatoms. The fourth-order valence-electron chi connectivity index (χ4n) is 5.63. The molecule has 1 aromatic rings. The van der Waals surface area contributed by atoms with Gasteiger partial charge >= 0.3 is 0 Å². The van der Waals surface area contributed by atoms with Crippen LogP contribution in [0.15, 0.2) is 28.2 Å². The Kier molecular flexibility index (Phi) is 7.22. The quantitative estimate of drug-likeness (QED) is 0.429. The van der Waals surface area contributed by atoms with Crippen LogP contribution in [0.1, 0.15) is 62.2 Å². The van der Waals surface area contributed by atoms with Crippen molar-refractivity contribution >= 4 is 23.4 Å². The molecule has 1 aliphatic carbocycles. The number of hydrogen-bond acceptors (Lipinski definition) is 7. The molecular weight excluding hydrogens is 446 g/mol. The lowest BCUT2D eigenvalue weighted by molar-refractivity contribution is -0.112. The predicted molar refractivity (Wildman–Crippen MR) is 135 cm³/mol. The highest BCUT2D eigenvalue weighted by Crippen LogP contribution is 2.37. The molecule has 3 heterocycles. The molecule has 190 valence electrons. The lowest BCUT2D eigenvalue weighted by Crippen LogP contribution is -2.53. The third kappa shape index (κ3) is 5.14. The second-order valence-corrected chi connectivity index (χ2v) is 9.90. The number of anilines is 1. The average molecular weight is 484 g/mol. The minimum atomic E-state index is -0.511. The van der Waals surface area contributed by atoms with Crippen LogP contribution in [-0.2, 0) is 14.4 Å². The first kappa shape index (κ1) is 24.0. The number of aliphatic imine (C=N–C) groups is 2. The number of primary amides is 1. The van der Waals surface area contributed by atoms with Crippen molar-refractivity contribution in [3.8, 4) is 0 Å². The smallest absolute Gasteiger partial charge is 0.284 e. The topological polar surface area (TPSA) is 131 Å². The molecule has 10 nitrogen and oxygen atoms in total. The summed E-state index contributed by atoms with van der Waals surface area (Å²) < 4.78 is 5.57. The number of amides is 1. The number of hydrogen-bond donors (Lipinski definition) is 3. The highest BCUT2D eigenvalue weighted by atomic mass is 16.7. The third-order valence-corrected chi connectivity index (χ3v) is 7.40. The summed E-state index contributed by atoms with van der Waals surface area (Å²) in [7, 11) is 0. The van der Waals surface area contributed by atoms with Crippen LogP contribution >= 0.6 is 0 Å². The Balaban J connectivity index is 1.45. The van der Waals surface area contributed by atoms with E-state index in [0.29, 0.717) is 31.6 Å². The van der Waals surface area contributed by atoms with Gasteiger partial charge in [-0.2, -0.15) is 0 Å². The van der Waals surface area contributed by atoms with Crippen LogP contribution < -0.4 is 21.7 Å². The van der Waals surface area contributed by atoms with Crippen LogP contribution in [0, 0.1) is 6.92 Å². The maximum atomic E-state index is 12.6. The minimum absolute atomic E-state index is 0.0157. The summed E-state index contributed by atoms with van der Waals surface area (Å²) in [6, 6.07) is 6.55. The van der Waals surface area contributed by atoms with Crippen molar-refractivity contribution < 1.29 is 14.4 Å². The number of guanidine groups is 1. The van der Waals surface area contributed by atoms with E-state index in [1.54, 1.807) is 5.06 Å². The molecule has 3 atom stereocenters. The minimum Gasteiger partial charge on any atom is -0.381 e. The molecule has 0 bridgehead atoms. The van der Waals surface area contributed by atoms with Gasteiger partial charge in [0.05, 0.1) is 19.2 Å². The number of hydroxylamine groups is 2. The van der Waals surface area contributed by atoms with Crippen LogP contribution in [0.4, 0.5) is 5.69 Å².